The van der Waals surface area contributed by atoms with E-state index in [0.29, 0.717) is 17.4 Å². The molecule has 1 aromatic rings. The van der Waals surface area contributed by atoms with Gasteiger partial charge in [-0.15, -0.1) is 0 Å². The average Bonchev–Trinajstić information content (AvgIpc) is 2.86. The molecule has 2 rings (SSSR count). The van der Waals surface area contributed by atoms with Gasteiger partial charge in [-0.2, -0.15) is 0 Å². The number of amides is 1. The Hall–Kier alpha value is -2.04. The third-order valence-electron chi connectivity index (χ3n) is 3.63. The topological polar surface area (TPSA) is 37.4 Å². The number of nitrogens with zero attached hydrogens (tertiary/aromatic N) is 1. The molecule has 1 aliphatic rings. The molecule has 0 saturated carbocycles. The Balaban J connectivity index is 2.11. The van der Waals surface area contributed by atoms with Crippen molar-refractivity contribution in [3.63, 3.8) is 0 Å². The number of alkyl halides is 1. The molecule has 0 bridgehead atoms. The van der Waals surface area contributed by atoms with Gasteiger partial charge in [-0.3, -0.25) is 9.59 Å². The number of carbonyl (C=O) groups is 2. The number of halogens is 2. The molecule has 2 atom stereocenters. The van der Waals surface area contributed by atoms with Gasteiger partial charge in [0.1, 0.15) is 18.3 Å². The van der Waals surface area contributed by atoms with Crippen molar-refractivity contribution in [1.82, 2.24) is 4.90 Å². The highest BCUT2D eigenvalue weighted by Gasteiger charge is 2.36. The predicted molar refractivity (Wildman–Crippen MR) is 74.8 cm³/mol. The van der Waals surface area contributed by atoms with Crippen molar-refractivity contribution in [2.75, 3.05) is 6.54 Å². The fraction of sp³-hybridized carbons (Fsp3) is 0.375. The molecule has 0 aliphatic carbocycles. The maximum absolute atomic E-state index is 13.7. The fourth-order valence-corrected chi connectivity index (χ4v) is 2.56. The van der Waals surface area contributed by atoms with Crippen molar-refractivity contribution >= 4 is 12.2 Å². The molecule has 5 heteroatoms. The van der Waals surface area contributed by atoms with Gasteiger partial charge in [0.15, 0.2) is 0 Å². The zero-order valence-electron chi connectivity index (χ0n) is 11.6. The van der Waals surface area contributed by atoms with Gasteiger partial charge in [0.2, 0.25) is 5.91 Å². The maximum atomic E-state index is 13.7. The summed E-state index contributed by atoms with van der Waals surface area (Å²) in [6.07, 6.45) is 0.0293. The first-order chi connectivity index (χ1) is 10.0. The van der Waals surface area contributed by atoms with Crippen molar-refractivity contribution in [2.24, 2.45) is 0 Å². The zero-order chi connectivity index (χ0) is 15.4. The summed E-state index contributed by atoms with van der Waals surface area (Å²) in [5, 5.41) is 0. The monoisotopic (exact) mass is 293 g/mol. The van der Waals surface area contributed by atoms with Crippen LogP contribution in [0.3, 0.4) is 0 Å². The number of aldehydes is 1. The van der Waals surface area contributed by atoms with E-state index < -0.39 is 18.0 Å². The molecule has 0 radical (unpaired) electrons. The van der Waals surface area contributed by atoms with E-state index >= 15 is 0 Å². The lowest BCUT2D eigenvalue weighted by Crippen LogP contribution is -2.31. The summed E-state index contributed by atoms with van der Waals surface area (Å²) in [4.78, 5) is 24.1. The molecule has 1 heterocycles. The third kappa shape index (κ3) is 3.74. The van der Waals surface area contributed by atoms with Crippen LogP contribution in [0.5, 0.6) is 0 Å². The Morgan fingerprint density at radius 1 is 1.43 bits per heavy atom. The minimum Gasteiger partial charge on any atom is -0.333 e. The van der Waals surface area contributed by atoms with E-state index in [1.54, 1.807) is 12.1 Å². The molecule has 112 valence electrons. The number of hydrogen-bond donors (Lipinski definition) is 0. The first kappa shape index (κ1) is 15.4. The van der Waals surface area contributed by atoms with Crippen LogP contribution in [0.4, 0.5) is 8.78 Å². The van der Waals surface area contributed by atoms with Gasteiger partial charge in [0.25, 0.3) is 0 Å². The Morgan fingerprint density at radius 2 is 2.19 bits per heavy atom. The van der Waals surface area contributed by atoms with Crippen molar-refractivity contribution in [2.45, 2.75) is 31.5 Å². The van der Waals surface area contributed by atoms with Crippen molar-refractivity contribution in [1.29, 1.82) is 0 Å². The summed E-state index contributed by atoms with van der Waals surface area (Å²) in [5.41, 5.74) is 0.930. The molecule has 0 aromatic heterocycles. The summed E-state index contributed by atoms with van der Waals surface area (Å²) in [6.45, 7) is 3.52. The van der Waals surface area contributed by atoms with Crippen LogP contribution in [0.2, 0.25) is 0 Å². The lowest BCUT2D eigenvalue weighted by molar-refractivity contribution is -0.132. The van der Waals surface area contributed by atoms with Gasteiger partial charge < -0.3 is 4.90 Å². The highest BCUT2D eigenvalue weighted by Crippen LogP contribution is 2.34. The van der Waals surface area contributed by atoms with Gasteiger partial charge in [0.05, 0.1) is 12.6 Å². The molecule has 1 fully saturated rings. The van der Waals surface area contributed by atoms with Crippen molar-refractivity contribution < 1.29 is 18.4 Å². The van der Waals surface area contributed by atoms with Crippen LogP contribution in [0, 0.1) is 5.82 Å². The molecule has 2 unspecified atom stereocenters. The van der Waals surface area contributed by atoms with Crippen LogP contribution >= 0.6 is 0 Å². The Bertz CT molecular complexity index is 559. The molecule has 21 heavy (non-hydrogen) atoms. The fourth-order valence-electron chi connectivity index (χ4n) is 2.56. The number of likely N-dealkylation sites (tertiary alicyclic amines) is 1. The summed E-state index contributed by atoms with van der Waals surface area (Å²) < 4.78 is 27.0. The molecule has 0 N–H and O–H groups in total. The van der Waals surface area contributed by atoms with Crippen molar-refractivity contribution in [3.8, 4) is 0 Å². The lowest BCUT2D eigenvalue weighted by atomic mass is 10.0. The maximum Gasteiger partial charge on any atom is 0.223 e. The van der Waals surface area contributed by atoms with Gasteiger partial charge in [-0.05, 0) is 29.7 Å². The summed E-state index contributed by atoms with van der Waals surface area (Å²) in [6, 6.07) is 5.43. The Labute approximate surface area is 122 Å². The summed E-state index contributed by atoms with van der Waals surface area (Å²) in [7, 11) is 0. The number of rotatable bonds is 5. The number of hydrogen-bond acceptors (Lipinski definition) is 2. The normalized spacial score (nSPS) is 21.3. The minimum absolute atomic E-state index is 0.00752. The van der Waals surface area contributed by atoms with Crippen molar-refractivity contribution in [3.05, 3.63) is 47.8 Å². The zero-order valence-corrected chi connectivity index (χ0v) is 11.6. The predicted octanol–water partition coefficient (Wildman–Crippen LogP) is 2.97. The number of benzene rings is 1. The van der Waals surface area contributed by atoms with Crippen LogP contribution < -0.4 is 0 Å². The third-order valence-corrected chi connectivity index (χ3v) is 3.63. The van der Waals surface area contributed by atoms with Crippen LogP contribution in [0.15, 0.2) is 36.4 Å². The highest BCUT2D eigenvalue weighted by molar-refractivity contribution is 5.79. The van der Waals surface area contributed by atoms with Gasteiger partial charge in [0, 0.05) is 12.8 Å². The first-order valence-corrected chi connectivity index (χ1v) is 6.83. The molecule has 0 spiro atoms. The largest absolute Gasteiger partial charge is 0.333 e. The van der Waals surface area contributed by atoms with E-state index in [2.05, 4.69) is 6.58 Å². The van der Waals surface area contributed by atoms with Crippen LogP contribution in [0.25, 0.3) is 0 Å². The molecule has 1 aliphatic heterocycles. The van der Waals surface area contributed by atoms with E-state index in [-0.39, 0.29) is 31.7 Å². The van der Waals surface area contributed by atoms with E-state index in [1.807, 2.05) is 0 Å². The molecule has 3 nitrogen and oxygen atoms in total. The molecule has 1 amide bonds. The first-order valence-electron chi connectivity index (χ1n) is 6.83. The lowest BCUT2D eigenvalue weighted by Gasteiger charge is -2.24. The molecular formula is C16H17F2NO2. The van der Waals surface area contributed by atoms with E-state index in [0.717, 1.165) is 0 Å². The van der Waals surface area contributed by atoms with Gasteiger partial charge >= 0.3 is 0 Å². The summed E-state index contributed by atoms with van der Waals surface area (Å²) in [5.74, 6) is -0.649. The molecule has 1 saturated heterocycles. The Kier molecular flexibility index (Phi) is 4.83. The smallest absolute Gasteiger partial charge is 0.223 e. The standard InChI is InChI=1S/C16H17F2NO2/c1-11(10-20)5-6-16(21)19-9-14(18)8-15(19)12-3-2-4-13(17)7-12/h2-4,7,10,14-15H,1,5-6,8-9H2. The second kappa shape index (κ2) is 6.61. The van der Waals surface area contributed by atoms with Gasteiger partial charge in [-0.25, -0.2) is 8.78 Å². The van der Waals surface area contributed by atoms with E-state index in [1.165, 1.54) is 17.0 Å². The Morgan fingerprint density at radius 3 is 2.86 bits per heavy atom. The van der Waals surface area contributed by atoms with E-state index in [4.69, 9.17) is 0 Å². The summed E-state index contributed by atoms with van der Waals surface area (Å²) >= 11 is 0. The molecular weight excluding hydrogens is 276 g/mol. The molecule has 1 aromatic carbocycles. The second-order valence-electron chi connectivity index (χ2n) is 5.23. The van der Waals surface area contributed by atoms with Gasteiger partial charge in [-0.1, -0.05) is 18.7 Å². The second-order valence-corrected chi connectivity index (χ2v) is 5.23. The van der Waals surface area contributed by atoms with E-state index in [9.17, 15) is 18.4 Å². The SMILES string of the molecule is C=C(C=O)CCC(=O)N1CC(F)CC1c1cccc(F)c1. The van der Waals surface area contributed by atoms with Crippen LogP contribution in [-0.2, 0) is 9.59 Å². The highest BCUT2D eigenvalue weighted by atomic mass is 19.1. The van der Waals surface area contributed by atoms with Crippen LogP contribution in [-0.4, -0.2) is 29.8 Å². The van der Waals surface area contributed by atoms with Crippen LogP contribution in [0.1, 0.15) is 30.9 Å². The minimum atomic E-state index is -1.11. The quantitative estimate of drug-likeness (QED) is 0.618. The number of allylic oxidation sites excluding steroid dienone is 1. The number of carbonyl (C=O) groups excluding carboxylic acids is 2. The average molecular weight is 293 g/mol.